The van der Waals surface area contributed by atoms with Crippen LogP contribution in [0.25, 0.3) is 5.65 Å². The van der Waals surface area contributed by atoms with Gasteiger partial charge in [0.1, 0.15) is 11.3 Å². The summed E-state index contributed by atoms with van der Waals surface area (Å²) in [5.74, 6) is 0.599. The molecule has 1 saturated carbocycles. The van der Waals surface area contributed by atoms with E-state index in [1.54, 1.807) is 13.3 Å². The molecule has 29 heavy (non-hydrogen) atoms. The SMILES string of the molecule is COC(C)CCC(=O)N1CCC(C2(NC(=O)c3cccc4nccn34)CC2)CC1. The zero-order valence-electron chi connectivity index (χ0n) is 17.3. The Kier molecular flexibility index (Phi) is 5.58. The predicted octanol–water partition coefficient (Wildman–Crippen LogP) is 2.65. The number of aromatic nitrogens is 2. The number of rotatable bonds is 7. The zero-order valence-corrected chi connectivity index (χ0v) is 17.3. The molecule has 1 saturated heterocycles. The van der Waals surface area contributed by atoms with Crippen molar-refractivity contribution in [1.29, 1.82) is 0 Å². The molecule has 4 rings (SSSR count). The molecular weight excluding hydrogens is 368 g/mol. The van der Waals surface area contributed by atoms with Crippen LogP contribution in [0.1, 0.15) is 55.9 Å². The number of nitrogens with one attached hydrogen (secondary N) is 1. The molecule has 7 heteroatoms. The van der Waals surface area contributed by atoms with Crippen molar-refractivity contribution in [3.05, 3.63) is 36.3 Å². The van der Waals surface area contributed by atoms with E-state index in [-0.39, 0.29) is 23.5 Å². The quantitative estimate of drug-likeness (QED) is 0.778. The minimum atomic E-state index is -0.112. The van der Waals surface area contributed by atoms with Gasteiger partial charge in [0.25, 0.3) is 5.91 Å². The number of likely N-dealkylation sites (tertiary alicyclic amines) is 1. The van der Waals surface area contributed by atoms with Gasteiger partial charge >= 0.3 is 0 Å². The minimum Gasteiger partial charge on any atom is -0.382 e. The summed E-state index contributed by atoms with van der Waals surface area (Å²) in [5.41, 5.74) is 1.28. The van der Waals surface area contributed by atoms with E-state index in [2.05, 4.69) is 10.3 Å². The fourth-order valence-corrected chi connectivity index (χ4v) is 4.48. The Morgan fingerprint density at radius 3 is 2.76 bits per heavy atom. The van der Waals surface area contributed by atoms with Gasteiger partial charge in [0, 0.05) is 44.6 Å². The Morgan fingerprint density at radius 2 is 2.07 bits per heavy atom. The van der Waals surface area contributed by atoms with Crippen molar-refractivity contribution in [2.75, 3.05) is 20.2 Å². The number of hydrogen-bond acceptors (Lipinski definition) is 4. The Hall–Kier alpha value is -2.41. The number of fused-ring (bicyclic) bond motifs is 1. The van der Waals surface area contributed by atoms with Gasteiger partial charge in [0.05, 0.1) is 6.10 Å². The largest absolute Gasteiger partial charge is 0.382 e. The van der Waals surface area contributed by atoms with Crippen LogP contribution >= 0.6 is 0 Å². The summed E-state index contributed by atoms with van der Waals surface area (Å²) in [6, 6.07) is 5.59. The average Bonchev–Trinajstić information content (AvgIpc) is 3.36. The predicted molar refractivity (Wildman–Crippen MR) is 110 cm³/mol. The number of amides is 2. The van der Waals surface area contributed by atoms with Crippen molar-refractivity contribution in [2.45, 2.75) is 57.1 Å². The van der Waals surface area contributed by atoms with Gasteiger partial charge in [-0.25, -0.2) is 4.98 Å². The molecule has 7 nitrogen and oxygen atoms in total. The lowest BCUT2D eigenvalue weighted by atomic mass is 9.87. The number of pyridine rings is 1. The third-order valence-corrected chi connectivity index (χ3v) is 6.61. The third kappa shape index (κ3) is 4.15. The van der Waals surface area contributed by atoms with E-state index in [4.69, 9.17) is 4.74 Å². The van der Waals surface area contributed by atoms with E-state index in [0.717, 1.165) is 50.8 Å². The average molecular weight is 399 g/mol. The molecule has 1 atom stereocenters. The van der Waals surface area contributed by atoms with Crippen LogP contribution in [-0.4, -0.2) is 57.9 Å². The Bertz CT molecular complexity index is 881. The molecule has 1 unspecified atom stereocenters. The summed E-state index contributed by atoms with van der Waals surface area (Å²) >= 11 is 0. The first kappa shape index (κ1) is 19.9. The summed E-state index contributed by atoms with van der Waals surface area (Å²) in [4.78, 5) is 31.6. The number of nitrogens with zero attached hydrogens (tertiary/aromatic N) is 3. The maximum absolute atomic E-state index is 13.0. The van der Waals surface area contributed by atoms with Gasteiger partial charge in [0.2, 0.25) is 5.91 Å². The van der Waals surface area contributed by atoms with Crippen LogP contribution in [0.5, 0.6) is 0 Å². The van der Waals surface area contributed by atoms with E-state index in [1.165, 1.54) is 0 Å². The second kappa shape index (κ2) is 8.14. The fraction of sp³-hybridized carbons (Fsp3) is 0.591. The second-order valence-electron chi connectivity index (χ2n) is 8.42. The van der Waals surface area contributed by atoms with E-state index >= 15 is 0 Å². The summed E-state index contributed by atoms with van der Waals surface area (Å²) in [7, 11) is 1.68. The molecule has 1 aliphatic heterocycles. The fourth-order valence-electron chi connectivity index (χ4n) is 4.48. The van der Waals surface area contributed by atoms with Gasteiger partial charge < -0.3 is 15.0 Å². The highest BCUT2D eigenvalue weighted by Gasteiger charge is 2.51. The van der Waals surface area contributed by atoms with E-state index in [1.807, 2.05) is 40.6 Å². The van der Waals surface area contributed by atoms with Crippen LogP contribution in [0.4, 0.5) is 0 Å². The smallest absolute Gasteiger partial charge is 0.268 e. The molecule has 1 aliphatic carbocycles. The number of hydrogen-bond donors (Lipinski definition) is 1. The number of ether oxygens (including phenoxy) is 1. The number of carbonyl (C=O) groups is 2. The van der Waals surface area contributed by atoms with Gasteiger partial charge in [-0.1, -0.05) is 6.07 Å². The summed E-state index contributed by atoms with van der Waals surface area (Å²) < 4.78 is 7.06. The molecule has 1 N–H and O–H groups in total. The van der Waals surface area contributed by atoms with E-state index in [0.29, 0.717) is 18.0 Å². The molecule has 0 radical (unpaired) electrons. The maximum Gasteiger partial charge on any atom is 0.268 e. The molecule has 2 amide bonds. The summed E-state index contributed by atoms with van der Waals surface area (Å²) in [6.07, 6.45) is 8.86. The zero-order chi connectivity index (χ0) is 20.4. The van der Waals surface area contributed by atoms with Crippen LogP contribution in [0, 0.1) is 5.92 Å². The molecule has 2 fully saturated rings. The number of carbonyl (C=O) groups excluding carboxylic acids is 2. The number of imidazole rings is 1. The van der Waals surface area contributed by atoms with Crippen molar-refractivity contribution in [1.82, 2.24) is 19.6 Å². The first-order valence-electron chi connectivity index (χ1n) is 10.6. The lowest BCUT2D eigenvalue weighted by Gasteiger charge is -2.37. The first-order chi connectivity index (χ1) is 14.0. The normalized spacial score (nSPS) is 19.9. The standard InChI is InChI=1S/C22H30N4O3/c1-16(29-2)6-7-20(27)25-13-8-17(9-14-25)22(10-11-22)24-21(28)18-4-3-5-19-23-12-15-26(18)19/h3-5,12,15-17H,6-11,13-14H2,1-2H3,(H,24,28). The van der Waals surface area contributed by atoms with Crippen LogP contribution in [0.2, 0.25) is 0 Å². The monoisotopic (exact) mass is 398 g/mol. The molecule has 2 aliphatic rings. The van der Waals surface area contributed by atoms with Gasteiger partial charge in [-0.15, -0.1) is 0 Å². The van der Waals surface area contributed by atoms with E-state index in [9.17, 15) is 9.59 Å². The second-order valence-corrected chi connectivity index (χ2v) is 8.42. The van der Waals surface area contributed by atoms with Crippen molar-refractivity contribution < 1.29 is 14.3 Å². The minimum absolute atomic E-state index is 0.0434. The topological polar surface area (TPSA) is 75.9 Å². The summed E-state index contributed by atoms with van der Waals surface area (Å²) in [5, 5.41) is 3.32. The highest BCUT2D eigenvalue weighted by atomic mass is 16.5. The Labute approximate surface area is 171 Å². The molecule has 2 aromatic heterocycles. The van der Waals surface area contributed by atoms with E-state index < -0.39 is 0 Å². The first-order valence-corrected chi connectivity index (χ1v) is 10.6. The van der Waals surface area contributed by atoms with Crippen LogP contribution in [-0.2, 0) is 9.53 Å². The Balaban J connectivity index is 1.33. The number of piperidine rings is 1. The van der Waals surface area contributed by atoms with Gasteiger partial charge in [-0.05, 0) is 57.1 Å². The van der Waals surface area contributed by atoms with Gasteiger partial charge in [0.15, 0.2) is 0 Å². The molecule has 0 bridgehead atoms. The molecular formula is C22H30N4O3. The lowest BCUT2D eigenvalue weighted by Crippen LogP contribution is -2.48. The summed E-state index contributed by atoms with van der Waals surface area (Å²) in [6.45, 7) is 3.54. The van der Waals surface area contributed by atoms with Gasteiger partial charge in [-0.2, -0.15) is 0 Å². The number of methoxy groups -OCH3 is 1. The molecule has 3 heterocycles. The van der Waals surface area contributed by atoms with Gasteiger partial charge in [-0.3, -0.25) is 14.0 Å². The molecule has 0 aromatic carbocycles. The highest BCUT2D eigenvalue weighted by molar-refractivity contribution is 5.94. The molecule has 2 aromatic rings. The maximum atomic E-state index is 13.0. The van der Waals surface area contributed by atoms with Crippen molar-refractivity contribution in [2.24, 2.45) is 5.92 Å². The molecule has 0 spiro atoms. The third-order valence-electron chi connectivity index (χ3n) is 6.61. The van der Waals surface area contributed by atoms with Crippen LogP contribution < -0.4 is 5.32 Å². The molecule has 156 valence electrons. The van der Waals surface area contributed by atoms with Crippen molar-refractivity contribution >= 4 is 17.5 Å². The van der Waals surface area contributed by atoms with Crippen LogP contribution in [0.15, 0.2) is 30.6 Å². The highest BCUT2D eigenvalue weighted by Crippen LogP contribution is 2.46. The Morgan fingerprint density at radius 1 is 1.31 bits per heavy atom. The lowest BCUT2D eigenvalue weighted by molar-refractivity contribution is -0.133. The van der Waals surface area contributed by atoms with Crippen molar-refractivity contribution in [3.63, 3.8) is 0 Å². The van der Waals surface area contributed by atoms with Crippen LogP contribution in [0.3, 0.4) is 0 Å². The van der Waals surface area contributed by atoms with Crippen molar-refractivity contribution in [3.8, 4) is 0 Å².